The lowest BCUT2D eigenvalue weighted by Gasteiger charge is -2.33. The van der Waals surface area contributed by atoms with E-state index in [1.807, 2.05) is 12.1 Å². The zero-order valence-electron chi connectivity index (χ0n) is 20.4. The van der Waals surface area contributed by atoms with Crippen molar-refractivity contribution in [3.8, 4) is 11.1 Å². The number of amides is 1. The number of nitrogens with zero attached hydrogens (tertiary/aromatic N) is 5. The number of aromatic amines is 1. The van der Waals surface area contributed by atoms with Crippen LogP contribution >= 0.6 is 12.4 Å². The minimum absolute atomic E-state index is 0. The second-order valence-electron chi connectivity index (χ2n) is 9.28. The molecule has 0 unspecified atom stereocenters. The fraction of sp³-hybridized carbons (Fsp3) is 0.222. The topological polar surface area (TPSA) is 126 Å². The molecule has 0 aliphatic carbocycles. The van der Waals surface area contributed by atoms with E-state index in [9.17, 15) is 4.79 Å². The minimum atomic E-state index is -0.406. The van der Waals surface area contributed by atoms with Crippen molar-refractivity contribution in [3.05, 3.63) is 78.5 Å². The van der Waals surface area contributed by atoms with Gasteiger partial charge in [-0.1, -0.05) is 0 Å². The molecule has 4 aromatic heterocycles. The molecule has 5 aromatic rings. The van der Waals surface area contributed by atoms with Gasteiger partial charge in [0.1, 0.15) is 23.3 Å². The molecule has 1 atom stereocenters. The lowest BCUT2D eigenvalue weighted by molar-refractivity contribution is 0.0950. The number of carbonyl (C=O) groups excluding carboxylic acids is 1. The number of fused-ring (bicyclic) bond motifs is 2. The fourth-order valence-electron chi connectivity index (χ4n) is 4.93. The second-order valence-corrected chi connectivity index (χ2v) is 9.28. The molecular weight excluding hydrogens is 507 g/mol. The van der Waals surface area contributed by atoms with Crippen LogP contribution in [-0.4, -0.2) is 50.0 Å². The molecule has 0 spiro atoms. The SMILES string of the molecule is Cl.N[C@@H]1CCCN(c2ccnc3c(F)cc(-c4c[nH]c5ncc(C(=O)NCc6cncnc6)cc45)cc23)C1. The number of nitrogens with one attached hydrogen (secondary N) is 2. The van der Waals surface area contributed by atoms with E-state index < -0.39 is 5.82 Å². The van der Waals surface area contributed by atoms with Crippen LogP contribution in [0.25, 0.3) is 33.1 Å². The molecule has 0 radical (unpaired) electrons. The highest BCUT2D eigenvalue weighted by Crippen LogP contribution is 2.35. The third-order valence-corrected chi connectivity index (χ3v) is 6.75. The summed E-state index contributed by atoms with van der Waals surface area (Å²) in [7, 11) is 0. The van der Waals surface area contributed by atoms with Gasteiger partial charge in [0, 0.05) is 84.2 Å². The molecule has 0 bridgehead atoms. The number of hydrogen-bond acceptors (Lipinski definition) is 7. The molecular formula is C27H26ClFN8O. The predicted molar refractivity (Wildman–Crippen MR) is 147 cm³/mol. The first-order valence-electron chi connectivity index (χ1n) is 12.1. The summed E-state index contributed by atoms with van der Waals surface area (Å²) in [5.41, 5.74) is 10.7. The Bertz CT molecular complexity index is 1610. The summed E-state index contributed by atoms with van der Waals surface area (Å²) in [6, 6.07) is 7.20. The molecule has 0 saturated carbocycles. The zero-order valence-corrected chi connectivity index (χ0v) is 21.2. The molecule has 1 aromatic carbocycles. The van der Waals surface area contributed by atoms with Gasteiger partial charge < -0.3 is 20.9 Å². The van der Waals surface area contributed by atoms with Crippen molar-refractivity contribution >= 4 is 45.9 Å². The van der Waals surface area contributed by atoms with Crippen LogP contribution in [0.1, 0.15) is 28.8 Å². The van der Waals surface area contributed by atoms with E-state index in [2.05, 4.69) is 35.1 Å². The number of anilines is 1. The molecule has 6 rings (SSSR count). The molecule has 194 valence electrons. The smallest absolute Gasteiger partial charge is 0.253 e. The lowest BCUT2D eigenvalue weighted by atomic mass is 10.00. The Morgan fingerprint density at radius 1 is 1.16 bits per heavy atom. The maximum absolute atomic E-state index is 15.3. The number of hydrogen-bond donors (Lipinski definition) is 3. The van der Waals surface area contributed by atoms with Gasteiger partial charge in [-0.15, -0.1) is 12.4 Å². The van der Waals surface area contributed by atoms with Gasteiger partial charge >= 0.3 is 0 Å². The van der Waals surface area contributed by atoms with Gasteiger partial charge in [-0.05, 0) is 42.7 Å². The van der Waals surface area contributed by atoms with Crippen molar-refractivity contribution in [2.75, 3.05) is 18.0 Å². The number of halogens is 2. The van der Waals surface area contributed by atoms with E-state index in [1.165, 1.54) is 18.6 Å². The Balaban J connectivity index is 0.00000294. The van der Waals surface area contributed by atoms with Gasteiger partial charge in [0.2, 0.25) is 0 Å². The van der Waals surface area contributed by atoms with Gasteiger partial charge in [-0.25, -0.2) is 19.3 Å². The van der Waals surface area contributed by atoms with Crippen molar-refractivity contribution in [3.63, 3.8) is 0 Å². The van der Waals surface area contributed by atoms with Crippen LogP contribution in [0.2, 0.25) is 0 Å². The Kier molecular flexibility index (Phi) is 7.17. The summed E-state index contributed by atoms with van der Waals surface area (Å²) in [5.74, 6) is -0.681. The highest BCUT2D eigenvalue weighted by Gasteiger charge is 2.21. The van der Waals surface area contributed by atoms with Crippen LogP contribution in [0.3, 0.4) is 0 Å². The lowest BCUT2D eigenvalue weighted by Crippen LogP contribution is -2.42. The Morgan fingerprint density at radius 2 is 2.00 bits per heavy atom. The average Bonchev–Trinajstić information content (AvgIpc) is 3.35. The predicted octanol–water partition coefficient (Wildman–Crippen LogP) is 3.99. The van der Waals surface area contributed by atoms with Crippen molar-refractivity contribution in [1.82, 2.24) is 30.2 Å². The van der Waals surface area contributed by atoms with Crippen molar-refractivity contribution in [1.29, 1.82) is 0 Å². The van der Waals surface area contributed by atoms with Gasteiger partial charge in [-0.3, -0.25) is 9.78 Å². The third-order valence-electron chi connectivity index (χ3n) is 6.75. The molecule has 9 nitrogen and oxygen atoms in total. The van der Waals surface area contributed by atoms with Crippen LogP contribution in [0.15, 0.2) is 61.6 Å². The summed E-state index contributed by atoms with van der Waals surface area (Å²) in [6.45, 7) is 1.88. The van der Waals surface area contributed by atoms with E-state index in [4.69, 9.17) is 5.73 Å². The molecule has 1 amide bonds. The number of piperidine rings is 1. The van der Waals surface area contributed by atoms with Crippen molar-refractivity contribution in [2.45, 2.75) is 25.4 Å². The summed E-state index contributed by atoms with van der Waals surface area (Å²) < 4.78 is 15.3. The van der Waals surface area contributed by atoms with Gasteiger partial charge in [0.05, 0.1) is 5.56 Å². The van der Waals surface area contributed by atoms with Crippen LogP contribution in [-0.2, 0) is 6.54 Å². The summed E-state index contributed by atoms with van der Waals surface area (Å²) in [5, 5.41) is 4.31. The zero-order chi connectivity index (χ0) is 25.4. The summed E-state index contributed by atoms with van der Waals surface area (Å²) in [4.78, 5) is 34.8. The van der Waals surface area contributed by atoms with Gasteiger partial charge in [-0.2, -0.15) is 0 Å². The van der Waals surface area contributed by atoms with Crippen molar-refractivity contribution in [2.24, 2.45) is 5.73 Å². The van der Waals surface area contributed by atoms with E-state index in [0.29, 0.717) is 28.8 Å². The number of benzene rings is 1. The average molecular weight is 533 g/mol. The minimum Gasteiger partial charge on any atom is -0.369 e. The highest BCUT2D eigenvalue weighted by molar-refractivity contribution is 6.03. The standard InChI is InChI=1S/C27H25FN8O.ClH/c28-23-8-17(6-21-24(3-4-32-25(21)23)36-5-1-2-19(29)14-36)22-13-34-26-20(22)7-18(12-33-26)27(37)35-11-16-9-30-15-31-10-16;/h3-4,6-10,12-13,15,19H,1-2,5,11,14,29H2,(H,33,34)(H,35,37);1H/t19-;/m1./s1. The van der Waals surface area contributed by atoms with E-state index in [-0.39, 0.29) is 24.4 Å². The number of pyridine rings is 2. The highest BCUT2D eigenvalue weighted by atomic mass is 35.5. The van der Waals surface area contributed by atoms with E-state index >= 15 is 4.39 Å². The molecule has 1 aliphatic heterocycles. The first-order chi connectivity index (χ1) is 18.1. The first kappa shape index (κ1) is 25.5. The Labute approximate surface area is 224 Å². The maximum atomic E-state index is 15.3. The second kappa shape index (κ2) is 10.7. The molecule has 38 heavy (non-hydrogen) atoms. The number of rotatable bonds is 5. The largest absolute Gasteiger partial charge is 0.369 e. The van der Waals surface area contributed by atoms with Crippen LogP contribution < -0.4 is 16.0 Å². The molecule has 1 aliphatic rings. The fourth-order valence-corrected chi connectivity index (χ4v) is 4.93. The van der Waals surface area contributed by atoms with Crippen LogP contribution in [0.5, 0.6) is 0 Å². The Morgan fingerprint density at radius 3 is 2.82 bits per heavy atom. The van der Waals surface area contributed by atoms with Crippen molar-refractivity contribution < 1.29 is 9.18 Å². The Hall–Kier alpha value is -4.15. The van der Waals surface area contributed by atoms with Crippen LogP contribution in [0.4, 0.5) is 10.1 Å². The maximum Gasteiger partial charge on any atom is 0.253 e. The third kappa shape index (κ3) is 4.88. The first-order valence-corrected chi connectivity index (χ1v) is 12.1. The number of H-pyrrole nitrogens is 1. The number of aromatic nitrogens is 5. The van der Waals surface area contributed by atoms with E-state index in [1.54, 1.807) is 30.9 Å². The number of carbonyl (C=O) groups is 1. The van der Waals surface area contributed by atoms with Crippen LogP contribution in [0, 0.1) is 5.82 Å². The summed E-state index contributed by atoms with van der Waals surface area (Å²) >= 11 is 0. The normalized spacial score (nSPS) is 15.4. The molecule has 4 N–H and O–H groups in total. The van der Waals surface area contributed by atoms with Gasteiger partial charge in [0.15, 0.2) is 0 Å². The summed E-state index contributed by atoms with van der Waals surface area (Å²) in [6.07, 6.45) is 11.6. The molecule has 1 saturated heterocycles. The monoisotopic (exact) mass is 532 g/mol. The molecule has 1 fully saturated rings. The molecule has 5 heterocycles. The quantitative estimate of drug-likeness (QED) is 0.312. The van der Waals surface area contributed by atoms with E-state index in [0.717, 1.165) is 53.5 Å². The van der Waals surface area contributed by atoms with Gasteiger partial charge in [0.25, 0.3) is 5.91 Å². The molecule has 11 heteroatoms. The number of nitrogens with two attached hydrogens (primary N) is 1.